The van der Waals surface area contributed by atoms with Crippen LogP contribution in [0.3, 0.4) is 0 Å². The Hall–Kier alpha value is -1.46. The van der Waals surface area contributed by atoms with Crippen molar-refractivity contribution in [3.05, 3.63) is 34.3 Å². The van der Waals surface area contributed by atoms with E-state index >= 15 is 0 Å². The van der Waals surface area contributed by atoms with Crippen molar-refractivity contribution in [2.24, 2.45) is 0 Å². The van der Waals surface area contributed by atoms with Gasteiger partial charge in [0, 0.05) is 29.2 Å². The third kappa shape index (κ3) is 3.77. The third-order valence-electron chi connectivity index (χ3n) is 2.66. The normalized spacial score (nSPS) is 10.3. The molecule has 0 saturated heterocycles. The minimum atomic E-state index is 0.594. The van der Waals surface area contributed by atoms with Crippen LogP contribution in [0.25, 0.3) is 0 Å². The van der Waals surface area contributed by atoms with E-state index in [9.17, 15) is 0 Å². The van der Waals surface area contributed by atoms with Gasteiger partial charge in [-0.3, -0.25) is 0 Å². The van der Waals surface area contributed by atoms with Gasteiger partial charge in [0.25, 0.3) is 0 Å². The summed E-state index contributed by atoms with van der Waals surface area (Å²) in [6.07, 6.45) is 2.70. The molecular formula is C14H17ClN2O2S. The molecule has 2 rings (SSSR count). The Morgan fingerprint density at radius 3 is 2.85 bits per heavy atom. The fraction of sp³-hybridized carbons (Fsp3) is 0.357. The molecule has 2 aromatic rings. The van der Waals surface area contributed by atoms with Crippen molar-refractivity contribution in [1.29, 1.82) is 0 Å². The number of aromatic nitrogens is 1. The highest BCUT2D eigenvalue weighted by Crippen LogP contribution is 2.33. The predicted octanol–water partition coefficient (Wildman–Crippen LogP) is 4.21. The standard InChI is InChI=1S/C14H17ClN2O2S/c1-3-5-19-13-8-11(15)10(7-12(13)18-2)9-17-14-16-4-6-20-14/h4,6-8H,3,5,9H2,1-2H3,(H,16,17). The van der Waals surface area contributed by atoms with Gasteiger partial charge < -0.3 is 14.8 Å². The second kappa shape index (κ2) is 7.36. The molecule has 108 valence electrons. The van der Waals surface area contributed by atoms with Crippen LogP contribution in [0, 0.1) is 0 Å². The number of rotatable bonds is 7. The smallest absolute Gasteiger partial charge is 0.182 e. The average molecular weight is 313 g/mol. The molecule has 0 radical (unpaired) electrons. The van der Waals surface area contributed by atoms with E-state index in [1.165, 1.54) is 0 Å². The summed E-state index contributed by atoms with van der Waals surface area (Å²) in [6, 6.07) is 3.70. The number of anilines is 1. The van der Waals surface area contributed by atoms with Gasteiger partial charge in [-0.25, -0.2) is 4.98 Å². The minimum Gasteiger partial charge on any atom is -0.493 e. The zero-order valence-electron chi connectivity index (χ0n) is 11.5. The number of methoxy groups -OCH3 is 1. The van der Waals surface area contributed by atoms with E-state index in [0.717, 1.165) is 17.1 Å². The highest BCUT2D eigenvalue weighted by molar-refractivity contribution is 7.13. The number of thiazole rings is 1. The lowest BCUT2D eigenvalue weighted by Gasteiger charge is -2.13. The molecule has 4 nitrogen and oxygen atoms in total. The number of halogens is 1. The fourth-order valence-electron chi connectivity index (χ4n) is 1.68. The molecule has 0 saturated carbocycles. The molecule has 20 heavy (non-hydrogen) atoms. The Kier molecular flexibility index (Phi) is 5.49. The van der Waals surface area contributed by atoms with Crippen LogP contribution < -0.4 is 14.8 Å². The van der Waals surface area contributed by atoms with Crippen LogP contribution in [-0.4, -0.2) is 18.7 Å². The first-order chi connectivity index (χ1) is 9.74. The molecule has 0 atom stereocenters. The predicted molar refractivity (Wildman–Crippen MR) is 83.2 cm³/mol. The van der Waals surface area contributed by atoms with Crippen LogP contribution in [0.15, 0.2) is 23.7 Å². The monoisotopic (exact) mass is 312 g/mol. The van der Waals surface area contributed by atoms with Gasteiger partial charge in [0.05, 0.1) is 13.7 Å². The number of nitrogens with one attached hydrogen (secondary N) is 1. The summed E-state index contributed by atoms with van der Waals surface area (Å²) in [5.41, 5.74) is 0.947. The van der Waals surface area contributed by atoms with Gasteiger partial charge >= 0.3 is 0 Å². The van der Waals surface area contributed by atoms with Crippen LogP contribution in [0.5, 0.6) is 11.5 Å². The fourth-order valence-corrected chi connectivity index (χ4v) is 2.43. The van der Waals surface area contributed by atoms with Crippen molar-refractivity contribution < 1.29 is 9.47 Å². The molecule has 1 N–H and O–H groups in total. The summed E-state index contributed by atoms with van der Waals surface area (Å²) in [6.45, 7) is 3.29. The maximum absolute atomic E-state index is 6.28. The summed E-state index contributed by atoms with van der Waals surface area (Å²) >= 11 is 7.84. The Morgan fingerprint density at radius 1 is 1.35 bits per heavy atom. The second-order valence-corrected chi connectivity index (χ2v) is 5.44. The Bertz CT molecular complexity index is 546. The zero-order chi connectivity index (χ0) is 14.4. The molecule has 0 spiro atoms. The Balaban J connectivity index is 2.12. The van der Waals surface area contributed by atoms with Crippen molar-refractivity contribution >= 4 is 28.1 Å². The first-order valence-corrected chi connectivity index (χ1v) is 7.63. The lowest BCUT2D eigenvalue weighted by Crippen LogP contribution is -2.02. The number of nitrogens with zero attached hydrogens (tertiary/aromatic N) is 1. The molecule has 0 aliphatic rings. The second-order valence-electron chi connectivity index (χ2n) is 4.13. The summed E-state index contributed by atoms with van der Waals surface area (Å²) in [5.74, 6) is 1.37. The number of benzene rings is 1. The van der Waals surface area contributed by atoms with Crippen molar-refractivity contribution in [2.45, 2.75) is 19.9 Å². The van der Waals surface area contributed by atoms with Gasteiger partial charge in [0.2, 0.25) is 0 Å². The van der Waals surface area contributed by atoms with Crippen LogP contribution in [0.4, 0.5) is 5.13 Å². The minimum absolute atomic E-state index is 0.594. The number of ether oxygens (including phenoxy) is 2. The SMILES string of the molecule is CCCOc1cc(Cl)c(CNc2nccs2)cc1OC. The lowest BCUT2D eigenvalue weighted by molar-refractivity contribution is 0.294. The van der Waals surface area contributed by atoms with E-state index in [4.69, 9.17) is 21.1 Å². The topological polar surface area (TPSA) is 43.4 Å². The van der Waals surface area contributed by atoms with Gasteiger partial charge in [0.1, 0.15) is 0 Å². The Morgan fingerprint density at radius 2 is 2.20 bits per heavy atom. The van der Waals surface area contributed by atoms with Gasteiger partial charge in [-0.15, -0.1) is 11.3 Å². The first-order valence-electron chi connectivity index (χ1n) is 6.37. The van der Waals surface area contributed by atoms with Crippen molar-refractivity contribution in [3.8, 4) is 11.5 Å². The highest BCUT2D eigenvalue weighted by Gasteiger charge is 2.10. The molecule has 0 bridgehead atoms. The van der Waals surface area contributed by atoms with E-state index in [0.29, 0.717) is 29.7 Å². The maximum atomic E-state index is 6.28. The molecule has 0 fully saturated rings. The average Bonchev–Trinajstić information content (AvgIpc) is 2.97. The highest BCUT2D eigenvalue weighted by atomic mass is 35.5. The number of hydrogen-bond donors (Lipinski definition) is 1. The molecule has 0 aliphatic heterocycles. The van der Waals surface area contributed by atoms with Gasteiger partial charge in [-0.05, 0) is 18.1 Å². The molecule has 1 heterocycles. The summed E-state index contributed by atoms with van der Waals surface area (Å²) in [5, 5.41) is 6.67. The van der Waals surface area contributed by atoms with E-state index in [2.05, 4.69) is 17.2 Å². The van der Waals surface area contributed by atoms with Gasteiger partial charge in [-0.2, -0.15) is 0 Å². The van der Waals surface area contributed by atoms with E-state index in [-0.39, 0.29) is 0 Å². The maximum Gasteiger partial charge on any atom is 0.182 e. The van der Waals surface area contributed by atoms with Crippen LogP contribution in [-0.2, 0) is 6.54 Å². The molecule has 0 aliphatic carbocycles. The summed E-state index contributed by atoms with van der Waals surface area (Å²) in [4.78, 5) is 4.17. The van der Waals surface area contributed by atoms with Crippen LogP contribution >= 0.6 is 22.9 Å². The van der Waals surface area contributed by atoms with E-state index in [1.54, 1.807) is 30.7 Å². The largest absolute Gasteiger partial charge is 0.493 e. The summed E-state index contributed by atoms with van der Waals surface area (Å²) < 4.78 is 11.0. The van der Waals surface area contributed by atoms with Gasteiger partial charge in [-0.1, -0.05) is 18.5 Å². The Labute approximate surface area is 127 Å². The zero-order valence-corrected chi connectivity index (χ0v) is 13.1. The lowest BCUT2D eigenvalue weighted by atomic mass is 10.2. The molecule has 6 heteroatoms. The molecule has 1 aromatic carbocycles. The van der Waals surface area contributed by atoms with Crippen LogP contribution in [0.2, 0.25) is 5.02 Å². The third-order valence-corrected chi connectivity index (χ3v) is 3.74. The van der Waals surface area contributed by atoms with E-state index < -0.39 is 0 Å². The number of hydrogen-bond acceptors (Lipinski definition) is 5. The molecule has 0 unspecified atom stereocenters. The summed E-state index contributed by atoms with van der Waals surface area (Å²) in [7, 11) is 1.63. The van der Waals surface area contributed by atoms with Crippen molar-refractivity contribution in [3.63, 3.8) is 0 Å². The molecular weight excluding hydrogens is 296 g/mol. The molecule has 0 amide bonds. The van der Waals surface area contributed by atoms with Crippen molar-refractivity contribution in [2.75, 3.05) is 19.0 Å². The first kappa shape index (κ1) is 14.9. The van der Waals surface area contributed by atoms with Crippen molar-refractivity contribution in [1.82, 2.24) is 4.98 Å². The quantitative estimate of drug-likeness (QED) is 0.832. The van der Waals surface area contributed by atoms with E-state index in [1.807, 2.05) is 11.4 Å². The van der Waals surface area contributed by atoms with Gasteiger partial charge in [0.15, 0.2) is 16.6 Å². The van der Waals surface area contributed by atoms with Crippen LogP contribution in [0.1, 0.15) is 18.9 Å². The molecule has 1 aromatic heterocycles.